The predicted octanol–water partition coefficient (Wildman–Crippen LogP) is 5.06. The minimum Gasteiger partial charge on any atom is -0.507 e. The van der Waals surface area contributed by atoms with E-state index in [1.54, 1.807) is 42.5 Å². The molecule has 0 spiro atoms. The second-order valence-electron chi connectivity index (χ2n) is 6.22. The number of nitrogens with one attached hydrogen (secondary N) is 1. The Morgan fingerprint density at radius 2 is 1.43 bits per heavy atom. The highest BCUT2D eigenvalue weighted by Gasteiger charge is 2.19. The number of benzene rings is 4. The van der Waals surface area contributed by atoms with E-state index in [1.165, 1.54) is 12.1 Å². The third-order valence-corrected chi connectivity index (χ3v) is 5.43. The summed E-state index contributed by atoms with van der Waals surface area (Å²) in [5.41, 5.74) is 1.70. The lowest BCUT2D eigenvalue weighted by Gasteiger charge is -2.11. The Bertz CT molecular complexity index is 1220. The Kier molecular flexibility index (Phi) is 4.63. The molecule has 6 heteroatoms. The molecule has 140 valence electrons. The fraction of sp³-hybridized carbons (Fsp3) is 0. The second kappa shape index (κ2) is 7.25. The van der Waals surface area contributed by atoms with Crippen molar-refractivity contribution in [2.45, 2.75) is 4.90 Å². The van der Waals surface area contributed by atoms with Gasteiger partial charge in [0.2, 0.25) is 0 Å². The molecule has 4 aromatic rings. The van der Waals surface area contributed by atoms with Crippen LogP contribution in [-0.4, -0.2) is 13.5 Å². The summed E-state index contributed by atoms with van der Waals surface area (Å²) in [6, 6.07) is 25.9. The molecule has 0 saturated carbocycles. The first kappa shape index (κ1) is 17.9. The Hall–Kier alpha value is -3.51. The number of hydrogen-bond acceptors (Lipinski definition) is 5. The summed E-state index contributed by atoms with van der Waals surface area (Å²) < 4.78 is 30.3. The first-order valence-electron chi connectivity index (χ1n) is 8.60. The average molecular weight is 391 g/mol. The van der Waals surface area contributed by atoms with Crippen molar-refractivity contribution in [1.82, 2.24) is 0 Å². The molecule has 0 aliphatic carbocycles. The number of aromatic hydroxyl groups is 1. The third kappa shape index (κ3) is 3.77. The summed E-state index contributed by atoms with van der Waals surface area (Å²) in [4.78, 5) is -0.106. The minimum absolute atomic E-state index is 0.106. The molecule has 0 fully saturated rings. The highest BCUT2D eigenvalue weighted by Crippen LogP contribution is 2.32. The Morgan fingerprint density at radius 3 is 2.14 bits per heavy atom. The number of anilines is 2. The van der Waals surface area contributed by atoms with Crippen LogP contribution in [0.25, 0.3) is 10.8 Å². The van der Waals surface area contributed by atoms with Gasteiger partial charge >= 0.3 is 10.1 Å². The molecule has 2 N–H and O–H groups in total. The molecule has 0 saturated heterocycles. The van der Waals surface area contributed by atoms with E-state index < -0.39 is 10.1 Å². The van der Waals surface area contributed by atoms with Crippen molar-refractivity contribution in [3.63, 3.8) is 0 Å². The molecule has 0 heterocycles. The molecular formula is C22H17NO4S. The summed E-state index contributed by atoms with van der Waals surface area (Å²) in [6.45, 7) is 0. The molecule has 0 radical (unpaired) electrons. The molecule has 4 rings (SSSR count). The van der Waals surface area contributed by atoms with Gasteiger partial charge in [-0.25, -0.2) is 0 Å². The smallest absolute Gasteiger partial charge is 0.339 e. The van der Waals surface area contributed by atoms with Gasteiger partial charge in [-0.2, -0.15) is 8.42 Å². The van der Waals surface area contributed by atoms with Gasteiger partial charge in [-0.05, 0) is 47.9 Å². The number of phenolic OH excluding ortho intramolecular Hbond substituents is 1. The van der Waals surface area contributed by atoms with Crippen molar-refractivity contribution in [2.24, 2.45) is 0 Å². The van der Waals surface area contributed by atoms with Gasteiger partial charge in [-0.1, -0.05) is 42.5 Å². The van der Waals surface area contributed by atoms with Gasteiger partial charge in [-0.15, -0.1) is 0 Å². The van der Waals surface area contributed by atoms with E-state index in [9.17, 15) is 13.5 Å². The Morgan fingerprint density at radius 1 is 0.750 bits per heavy atom. The molecule has 4 aromatic carbocycles. The van der Waals surface area contributed by atoms with Crippen molar-refractivity contribution in [1.29, 1.82) is 0 Å². The van der Waals surface area contributed by atoms with Gasteiger partial charge in [0.15, 0.2) is 0 Å². The van der Waals surface area contributed by atoms with Crippen molar-refractivity contribution >= 4 is 32.3 Å². The summed E-state index contributed by atoms with van der Waals surface area (Å²) in [5, 5.41) is 14.8. The summed E-state index contributed by atoms with van der Waals surface area (Å²) >= 11 is 0. The van der Waals surface area contributed by atoms with Crippen LogP contribution in [0.1, 0.15) is 0 Å². The van der Waals surface area contributed by atoms with Gasteiger partial charge in [0.1, 0.15) is 16.4 Å². The molecule has 0 bridgehead atoms. The quantitative estimate of drug-likeness (QED) is 0.465. The van der Waals surface area contributed by atoms with Crippen LogP contribution >= 0.6 is 0 Å². The maximum absolute atomic E-state index is 12.6. The van der Waals surface area contributed by atoms with E-state index in [0.29, 0.717) is 10.8 Å². The standard InChI is InChI=1S/C22H17NO4S/c24-22-15-20(28(25,26)27-19-9-5-2-6-10-19)13-16-11-12-18(14-21(16)22)23-17-7-3-1-4-8-17/h1-15,23-24H. The zero-order valence-corrected chi connectivity index (χ0v) is 15.6. The number of hydrogen-bond donors (Lipinski definition) is 2. The van der Waals surface area contributed by atoms with Crippen molar-refractivity contribution in [2.75, 3.05) is 5.32 Å². The molecule has 0 aliphatic rings. The lowest BCUT2D eigenvalue weighted by Crippen LogP contribution is -2.09. The number of rotatable bonds is 5. The lowest BCUT2D eigenvalue weighted by molar-refractivity contribution is 0.472. The van der Waals surface area contributed by atoms with Crippen LogP contribution in [0.2, 0.25) is 0 Å². The summed E-state index contributed by atoms with van der Waals surface area (Å²) in [7, 11) is -4.06. The summed E-state index contributed by atoms with van der Waals surface area (Å²) in [5.74, 6) is 0.0777. The van der Waals surface area contributed by atoms with E-state index in [-0.39, 0.29) is 16.4 Å². The van der Waals surface area contributed by atoms with Gasteiger partial charge < -0.3 is 14.6 Å². The predicted molar refractivity (Wildman–Crippen MR) is 110 cm³/mol. The maximum Gasteiger partial charge on any atom is 0.339 e. The monoisotopic (exact) mass is 391 g/mol. The Labute approximate surface area is 163 Å². The highest BCUT2D eigenvalue weighted by atomic mass is 32.2. The largest absolute Gasteiger partial charge is 0.507 e. The lowest BCUT2D eigenvalue weighted by atomic mass is 10.1. The van der Waals surface area contributed by atoms with Crippen LogP contribution in [0.4, 0.5) is 11.4 Å². The molecule has 0 aromatic heterocycles. The van der Waals surface area contributed by atoms with Crippen LogP contribution < -0.4 is 9.50 Å². The van der Waals surface area contributed by atoms with E-state index in [0.717, 1.165) is 11.4 Å². The van der Waals surface area contributed by atoms with Crippen LogP contribution in [-0.2, 0) is 10.1 Å². The van der Waals surface area contributed by atoms with Crippen molar-refractivity contribution in [3.8, 4) is 11.5 Å². The highest BCUT2D eigenvalue weighted by molar-refractivity contribution is 7.87. The van der Waals surface area contributed by atoms with Crippen LogP contribution in [0.3, 0.4) is 0 Å². The van der Waals surface area contributed by atoms with Crippen molar-refractivity contribution in [3.05, 3.63) is 91.0 Å². The van der Waals surface area contributed by atoms with Gasteiger partial charge in [0.25, 0.3) is 0 Å². The van der Waals surface area contributed by atoms with E-state index >= 15 is 0 Å². The SMILES string of the molecule is O=S(=O)(Oc1ccccc1)c1cc(O)c2cc(Nc3ccccc3)ccc2c1. The topological polar surface area (TPSA) is 75.6 Å². The maximum atomic E-state index is 12.6. The summed E-state index contributed by atoms with van der Waals surface area (Å²) in [6.07, 6.45) is 0. The fourth-order valence-corrected chi connectivity index (χ4v) is 3.86. The first-order chi connectivity index (χ1) is 13.5. The van der Waals surface area contributed by atoms with Crippen LogP contribution in [0, 0.1) is 0 Å². The van der Waals surface area contributed by atoms with Gasteiger partial charge in [-0.3, -0.25) is 0 Å². The van der Waals surface area contributed by atoms with Crippen molar-refractivity contribution < 1.29 is 17.7 Å². The molecule has 0 amide bonds. The minimum atomic E-state index is -4.06. The van der Waals surface area contributed by atoms with E-state index in [2.05, 4.69) is 5.32 Å². The normalized spacial score (nSPS) is 11.3. The third-order valence-electron chi connectivity index (χ3n) is 4.21. The van der Waals surface area contributed by atoms with Gasteiger partial charge in [0.05, 0.1) is 0 Å². The molecule has 0 atom stereocenters. The molecular weight excluding hydrogens is 374 g/mol. The van der Waals surface area contributed by atoms with E-state index in [4.69, 9.17) is 4.18 Å². The first-order valence-corrected chi connectivity index (χ1v) is 10.0. The van der Waals surface area contributed by atoms with E-state index in [1.807, 2.05) is 36.4 Å². The fourth-order valence-electron chi connectivity index (χ4n) is 2.87. The Balaban J connectivity index is 1.68. The molecule has 28 heavy (non-hydrogen) atoms. The molecule has 0 unspecified atom stereocenters. The van der Waals surface area contributed by atoms with Crippen LogP contribution in [0.15, 0.2) is 95.9 Å². The molecule has 5 nitrogen and oxygen atoms in total. The number of fused-ring (bicyclic) bond motifs is 1. The second-order valence-corrected chi connectivity index (χ2v) is 7.77. The average Bonchev–Trinajstić information content (AvgIpc) is 2.69. The number of phenols is 1. The number of para-hydroxylation sites is 2. The molecule has 0 aliphatic heterocycles. The van der Waals surface area contributed by atoms with Crippen LogP contribution in [0.5, 0.6) is 11.5 Å². The zero-order chi connectivity index (χ0) is 19.6. The van der Waals surface area contributed by atoms with Gasteiger partial charge in [0, 0.05) is 22.8 Å². The zero-order valence-electron chi connectivity index (χ0n) is 14.7.